The van der Waals surface area contributed by atoms with Gasteiger partial charge < -0.3 is 0 Å². The molecular weight excluding hydrogens is 360 g/mol. The van der Waals surface area contributed by atoms with E-state index in [-0.39, 0.29) is 11.2 Å². The summed E-state index contributed by atoms with van der Waals surface area (Å²) in [6, 6.07) is 19.7. The van der Waals surface area contributed by atoms with Gasteiger partial charge in [-0.05, 0) is 33.6 Å². The maximum atomic E-state index is 12.8. The lowest BCUT2D eigenvalue weighted by Crippen LogP contribution is -2.18. The molecule has 5 heteroatoms. The molecule has 0 N–H and O–H groups in total. The summed E-state index contributed by atoms with van der Waals surface area (Å²) in [6.07, 6.45) is 3.30. The van der Waals surface area contributed by atoms with Gasteiger partial charge in [-0.1, -0.05) is 48.5 Å². The van der Waals surface area contributed by atoms with Crippen molar-refractivity contribution >= 4 is 33.6 Å². The first-order valence-electron chi connectivity index (χ1n) is 6.75. The van der Waals surface area contributed by atoms with Gasteiger partial charge in [0.05, 0.1) is 10.7 Å². The van der Waals surface area contributed by atoms with E-state index in [0.717, 1.165) is 14.9 Å². The van der Waals surface area contributed by atoms with E-state index in [1.54, 1.807) is 12.4 Å². The topological polar surface area (TPSA) is 34.9 Å². The highest BCUT2D eigenvalue weighted by molar-refractivity contribution is 9.10. The third-order valence-corrected chi connectivity index (χ3v) is 4.76. The van der Waals surface area contributed by atoms with Crippen molar-refractivity contribution in [1.82, 2.24) is 9.78 Å². The number of rotatable bonds is 4. The van der Waals surface area contributed by atoms with E-state index in [1.165, 1.54) is 16.4 Å². The maximum Gasteiger partial charge on any atom is 0.264 e. The largest absolute Gasteiger partial charge is 0.271 e. The molecule has 3 nitrogen and oxygen atoms in total. The van der Waals surface area contributed by atoms with Gasteiger partial charge in [0.15, 0.2) is 0 Å². The predicted molar refractivity (Wildman–Crippen MR) is 92.0 cm³/mol. The lowest BCUT2D eigenvalue weighted by atomic mass is 10.1. The molecule has 22 heavy (non-hydrogen) atoms. The van der Waals surface area contributed by atoms with Gasteiger partial charge in [-0.15, -0.1) is 11.8 Å². The average molecular weight is 373 g/mol. The molecule has 110 valence electrons. The van der Waals surface area contributed by atoms with Crippen LogP contribution in [0.1, 0.15) is 15.6 Å². The third kappa shape index (κ3) is 3.48. The summed E-state index contributed by atoms with van der Waals surface area (Å²) >= 11 is 4.86. The first kappa shape index (κ1) is 15.1. The molecule has 0 saturated carbocycles. The fraction of sp³-hybridized carbons (Fsp3) is 0.0588. The number of aromatic nitrogens is 2. The van der Waals surface area contributed by atoms with E-state index in [2.05, 4.69) is 21.0 Å². The Morgan fingerprint density at radius 2 is 1.68 bits per heavy atom. The van der Waals surface area contributed by atoms with Gasteiger partial charge in [-0.2, -0.15) is 5.10 Å². The summed E-state index contributed by atoms with van der Waals surface area (Å²) in [7, 11) is 0. The monoisotopic (exact) mass is 372 g/mol. The Morgan fingerprint density at radius 1 is 1.05 bits per heavy atom. The number of carbonyl (C=O) groups is 1. The van der Waals surface area contributed by atoms with Gasteiger partial charge in [-0.3, -0.25) is 4.79 Å². The second-order valence-electron chi connectivity index (χ2n) is 4.66. The lowest BCUT2D eigenvalue weighted by Gasteiger charge is -2.15. The molecule has 0 fully saturated rings. The van der Waals surface area contributed by atoms with Crippen LogP contribution in [0.2, 0.25) is 0 Å². The second kappa shape index (κ2) is 6.94. The van der Waals surface area contributed by atoms with Crippen LogP contribution in [-0.4, -0.2) is 15.7 Å². The van der Waals surface area contributed by atoms with Crippen molar-refractivity contribution in [2.45, 2.75) is 10.1 Å². The zero-order chi connectivity index (χ0) is 15.4. The van der Waals surface area contributed by atoms with Crippen LogP contribution in [0.15, 0.2) is 82.4 Å². The van der Waals surface area contributed by atoms with Crippen molar-refractivity contribution < 1.29 is 4.79 Å². The molecule has 0 aliphatic heterocycles. The van der Waals surface area contributed by atoms with E-state index >= 15 is 0 Å². The van der Waals surface area contributed by atoms with Crippen LogP contribution in [0.25, 0.3) is 0 Å². The number of hydrogen-bond donors (Lipinski definition) is 0. The van der Waals surface area contributed by atoms with E-state index in [0.29, 0.717) is 0 Å². The van der Waals surface area contributed by atoms with Crippen LogP contribution in [0.4, 0.5) is 0 Å². The lowest BCUT2D eigenvalue weighted by molar-refractivity contribution is 0.0894. The molecule has 3 rings (SSSR count). The average Bonchev–Trinajstić information content (AvgIpc) is 3.00. The molecule has 0 aliphatic rings. The minimum Gasteiger partial charge on any atom is -0.271 e. The highest BCUT2D eigenvalue weighted by Gasteiger charge is 2.24. The molecule has 2 aromatic carbocycles. The van der Waals surface area contributed by atoms with Crippen LogP contribution in [0.3, 0.4) is 0 Å². The molecule has 3 aromatic rings. The number of benzene rings is 2. The second-order valence-corrected chi connectivity index (χ2v) is 6.76. The molecule has 0 aliphatic carbocycles. The first-order chi connectivity index (χ1) is 10.7. The number of hydrogen-bond acceptors (Lipinski definition) is 3. The van der Waals surface area contributed by atoms with E-state index in [1.807, 2.05) is 60.7 Å². The molecule has 0 amide bonds. The minimum absolute atomic E-state index is 0.0641. The van der Waals surface area contributed by atoms with Crippen molar-refractivity contribution in [1.29, 1.82) is 0 Å². The first-order valence-corrected chi connectivity index (χ1v) is 8.42. The van der Waals surface area contributed by atoms with Crippen LogP contribution in [-0.2, 0) is 0 Å². The summed E-state index contributed by atoms with van der Waals surface area (Å²) in [5.74, 6) is -0.0641. The van der Waals surface area contributed by atoms with Gasteiger partial charge in [0.2, 0.25) is 0 Å². The maximum absolute atomic E-state index is 12.8. The summed E-state index contributed by atoms with van der Waals surface area (Å²) < 4.78 is 2.18. The molecule has 0 bridgehead atoms. The van der Waals surface area contributed by atoms with Crippen molar-refractivity contribution in [3.8, 4) is 0 Å². The Morgan fingerprint density at radius 3 is 2.27 bits per heavy atom. The number of nitrogens with zero attached hydrogens (tertiary/aromatic N) is 2. The Balaban J connectivity index is 1.94. The van der Waals surface area contributed by atoms with Crippen molar-refractivity contribution in [2.24, 2.45) is 0 Å². The Kier molecular flexibility index (Phi) is 4.75. The fourth-order valence-electron chi connectivity index (χ4n) is 2.07. The summed E-state index contributed by atoms with van der Waals surface area (Å²) in [6.45, 7) is 0. The quantitative estimate of drug-likeness (QED) is 0.615. The van der Waals surface area contributed by atoms with E-state index < -0.39 is 0 Å². The molecule has 0 saturated heterocycles. The molecule has 1 aromatic heterocycles. The van der Waals surface area contributed by atoms with Gasteiger partial charge in [0.1, 0.15) is 5.25 Å². The summed E-state index contributed by atoms with van der Waals surface area (Å²) in [5.41, 5.74) is 0.966. The van der Waals surface area contributed by atoms with Gasteiger partial charge >= 0.3 is 0 Å². The third-order valence-electron chi connectivity index (χ3n) is 3.10. The van der Waals surface area contributed by atoms with Crippen molar-refractivity contribution in [3.63, 3.8) is 0 Å². The molecule has 0 unspecified atom stereocenters. The Hall–Kier alpha value is -1.85. The number of halogens is 1. The fourth-order valence-corrected chi connectivity index (χ4v) is 3.44. The summed E-state index contributed by atoms with van der Waals surface area (Å²) in [4.78, 5) is 13.9. The van der Waals surface area contributed by atoms with Gasteiger partial charge in [0.25, 0.3) is 5.91 Å². The highest BCUT2D eigenvalue weighted by atomic mass is 79.9. The standard InChI is InChI=1S/C17H13BrN2OS/c18-14-11-19-20(12-14)17(21)16(13-7-3-1-4-8-13)22-15-9-5-2-6-10-15/h1-12,16H/t16-/m1/s1. The van der Waals surface area contributed by atoms with Crippen molar-refractivity contribution in [3.05, 3.63) is 83.1 Å². The predicted octanol–water partition coefficient (Wildman–Crippen LogP) is 4.82. The van der Waals surface area contributed by atoms with Gasteiger partial charge in [-0.25, -0.2) is 4.68 Å². The zero-order valence-corrected chi connectivity index (χ0v) is 14.0. The zero-order valence-electron chi connectivity index (χ0n) is 11.6. The Labute approximate surface area is 141 Å². The normalized spacial score (nSPS) is 12.0. The van der Waals surface area contributed by atoms with Gasteiger partial charge in [0, 0.05) is 11.1 Å². The molecular formula is C17H13BrN2OS. The molecule has 1 atom stereocenters. The molecule has 0 spiro atoms. The smallest absolute Gasteiger partial charge is 0.264 e. The SMILES string of the molecule is O=C([C@H](Sc1ccccc1)c1ccccc1)n1cc(Br)cn1. The van der Waals surface area contributed by atoms with E-state index in [9.17, 15) is 4.79 Å². The van der Waals surface area contributed by atoms with Crippen LogP contribution < -0.4 is 0 Å². The van der Waals surface area contributed by atoms with Crippen LogP contribution in [0.5, 0.6) is 0 Å². The molecule has 1 heterocycles. The molecule has 0 radical (unpaired) electrons. The Bertz CT molecular complexity index is 759. The summed E-state index contributed by atoms with van der Waals surface area (Å²) in [5, 5.41) is 3.77. The van der Waals surface area contributed by atoms with Crippen molar-refractivity contribution in [2.75, 3.05) is 0 Å². The minimum atomic E-state index is -0.338. The van der Waals surface area contributed by atoms with E-state index in [4.69, 9.17) is 0 Å². The number of carbonyl (C=O) groups excluding carboxylic acids is 1. The van der Waals surface area contributed by atoms with Crippen LogP contribution in [0, 0.1) is 0 Å². The number of thioether (sulfide) groups is 1. The highest BCUT2D eigenvalue weighted by Crippen LogP contribution is 2.36. The van der Waals surface area contributed by atoms with Crippen LogP contribution >= 0.6 is 27.7 Å².